The smallest absolute Gasteiger partial charge is 0.351 e. The molecule has 0 amide bonds. The Morgan fingerprint density at radius 1 is 1.33 bits per heavy atom. The van der Waals surface area contributed by atoms with Crippen molar-refractivity contribution < 1.29 is 17.9 Å². The molecule has 0 unspecified atom stereocenters. The molecule has 0 aromatic heterocycles. The highest BCUT2D eigenvalue weighted by Gasteiger charge is 2.28. The Balaban J connectivity index is 3.01. The van der Waals surface area contributed by atoms with Crippen LogP contribution in [-0.4, -0.2) is 28.0 Å². The van der Waals surface area contributed by atoms with Gasteiger partial charge in [-0.1, -0.05) is 24.8 Å². The van der Waals surface area contributed by atoms with E-state index in [-0.39, 0.29) is 6.61 Å². The van der Waals surface area contributed by atoms with Crippen molar-refractivity contribution in [2.24, 2.45) is 0 Å². The molecule has 18 heavy (non-hydrogen) atoms. The second kappa shape index (κ2) is 5.68. The van der Waals surface area contributed by atoms with Crippen LogP contribution in [0.5, 0.6) is 0 Å². The van der Waals surface area contributed by atoms with Crippen molar-refractivity contribution in [1.82, 2.24) is 0 Å². The van der Waals surface area contributed by atoms with Gasteiger partial charge in [0.25, 0.3) is 10.0 Å². The number of rotatable bonds is 5. The van der Waals surface area contributed by atoms with Gasteiger partial charge in [0, 0.05) is 7.05 Å². The minimum Gasteiger partial charge on any atom is -0.462 e. The number of sulfonamides is 1. The van der Waals surface area contributed by atoms with E-state index in [9.17, 15) is 13.2 Å². The van der Waals surface area contributed by atoms with Crippen LogP contribution < -0.4 is 4.31 Å². The van der Waals surface area contributed by atoms with Gasteiger partial charge in [-0.15, -0.1) is 0 Å². The van der Waals surface area contributed by atoms with E-state index >= 15 is 0 Å². The molecule has 0 radical (unpaired) electrons. The number of ether oxygens (including phenoxy) is 1. The summed E-state index contributed by atoms with van der Waals surface area (Å²) in [5, 5.41) is 0. The molecule has 0 bridgehead atoms. The number of hydrogen-bond donors (Lipinski definition) is 0. The number of para-hydroxylation sites is 1. The number of esters is 1. The van der Waals surface area contributed by atoms with Crippen LogP contribution in [0.25, 0.3) is 0 Å². The van der Waals surface area contributed by atoms with Crippen LogP contribution in [0.3, 0.4) is 0 Å². The van der Waals surface area contributed by atoms with Crippen molar-refractivity contribution in [2.75, 3.05) is 18.0 Å². The normalized spacial score (nSPS) is 10.8. The predicted octanol–water partition coefficient (Wildman–Crippen LogP) is 1.53. The summed E-state index contributed by atoms with van der Waals surface area (Å²) in [6.45, 7) is 4.98. The first kappa shape index (κ1) is 14.2. The molecular weight excluding hydrogens is 254 g/mol. The summed E-state index contributed by atoms with van der Waals surface area (Å²) in [5.41, 5.74) is 0.447. The van der Waals surface area contributed by atoms with Gasteiger partial charge in [0.1, 0.15) is 0 Å². The summed E-state index contributed by atoms with van der Waals surface area (Å²) >= 11 is 0. The summed E-state index contributed by atoms with van der Waals surface area (Å²) < 4.78 is 29.8. The summed E-state index contributed by atoms with van der Waals surface area (Å²) in [7, 11) is -2.59. The molecule has 0 N–H and O–H groups in total. The van der Waals surface area contributed by atoms with Crippen LogP contribution in [0.1, 0.15) is 6.92 Å². The van der Waals surface area contributed by atoms with Crippen LogP contribution >= 0.6 is 0 Å². The van der Waals surface area contributed by atoms with Gasteiger partial charge in [0.15, 0.2) is 4.91 Å². The average Bonchev–Trinajstić information content (AvgIpc) is 2.38. The van der Waals surface area contributed by atoms with Crippen molar-refractivity contribution in [1.29, 1.82) is 0 Å². The highest BCUT2D eigenvalue weighted by Crippen LogP contribution is 2.20. The maximum atomic E-state index is 12.1. The third-order valence-electron chi connectivity index (χ3n) is 2.29. The summed E-state index contributed by atoms with van der Waals surface area (Å²) in [6, 6.07) is 8.42. The van der Waals surface area contributed by atoms with Crippen LogP contribution in [0.2, 0.25) is 0 Å². The summed E-state index contributed by atoms with van der Waals surface area (Å²) in [5.74, 6) is -0.930. The fourth-order valence-corrected chi connectivity index (χ4v) is 2.26. The zero-order valence-corrected chi connectivity index (χ0v) is 11.1. The lowest BCUT2D eigenvalue weighted by atomic mass is 10.3. The molecule has 0 atom stereocenters. The van der Waals surface area contributed by atoms with E-state index in [1.807, 2.05) is 0 Å². The molecule has 1 aromatic rings. The molecule has 0 heterocycles. The van der Waals surface area contributed by atoms with Crippen molar-refractivity contribution >= 4 is 21.7 Å². The van der Waals surface area contributed by atoms with Gasteiger partial charge < -0.3 is 4.74 Å². The fraction of sp³-hybridized carbons (Fsp3) is 0.250. The Morgan fingerprint density at radius 3 is 2.39 bits per heavy atom. The lowest BCUT2D eigenvalue weighted by Gasteiger charge is -2.19. The van der Waals surface area contributed by atoms with E-state index in [1.54, 1.807) is 37.3 Å². The number of benzene rings is 1. The number of carbonyl (C=O) groups excluding carboxylic acids is 1. The molecule has 0 saturated carbocycles. The Bertz CT molecular complexity index is 536. The van der Waals surface area contributed by atoms with E-state index in [2.05, 4.69) is 11.3 Å². The molecular formula is C12H15NO4S. The molecule has 6 heteroatoms. The zero-order valence-electron chi connectivity index (χ0n) is 10.3. The Kier molecular flexibility index (Phi) is 4.49. The van der Waals surface area contributed by atoms with E-state index in [0.717, 1.165) is 4.31 Å². The lowest BCUT2D eigenvalue weighted by molar-refractivity contribution is -0.137. The third kappa shape index (κ3) is 2.89. The quantitative estimate of drug-likeness (QED) is 0.600. The second-order valence-electron chi connectivity index (χ2n) is 3.45. The van der Waals surface area contributed by atoms with Crippen molar-refractivity contribution in [3.63, 3.8) is 0 Å². The first-order valence-electron chi connectivity index (χ1n) is 5.31. The molecule has 1 rings (SSSR count). The average molecular weight is 269 g/mol. The number of carbonyl (C=O) groups is 1. The van der Waals surface area contributed by atoms with Crippen molar-refractivity contribution in [2.45, 2.75) is 6.92 Å². The Morgan fingerprint density at radius 2 is 1.89 bits per heavy atom. The molecule has 0 spiro atoms. The molecule has 0 saturated heterocycles. The first-order valence-corrected chi connectivity index (χ1v) is 6.75. The molecule has 5 nitrogen and oxygen atoms in total. The van der Waals surface area contributed by atoms with Gasteiger partial charge in [-0.25, -0.2) is 13.2 Å². The summed E-state index contributed by atoms with van der Waals surface area (Å²) in [6.07, 6.45) is 0. The number of nitrogens with zero attached hydrogens (tertiary/aromatic N) is 1. The lowest BCUT2D eigenvalue weighted by Crippen LogP contribution is -2.30. The molecule has 0 aliphatic carbocycles. The van der Waals surface area contributed by atoms with Crippen molar-refractivity contribution in [3.8, 4) is 0 Å². The van der Waals surface area contributed by atoms with Gasteiger partial charge in [-0.05, 0) is 19.1 Å². The van der Waals surface area contributed by atoms with Crippen LogP contribution in [0.4, 0.5) is 5.69 Å². The van der Waals surface area contributed by atoms with Crippen LogP contribution in [0, 0.1) is 0 Å². The minimum absolute atomic E-state index is 0.0996. The highest BCUT2D eigenvalue weighted by atomic mass is 32.2. The Hall–Kier alpha value is -1.82. The first-order chi connectivity index (χ1) is 8.41. The second-order valence-corrected chi connectivity index (χ2v) is 5.44. The van der Waals surface area contributed by atoms with Crippen LogP contribution in [-0.2, 0) is 19.6 Å². The zero-order chi connectivity index (χ0) is 13.8. The van der Waals surface area contributed by atoms with Gasteiger partial charge >= 0.3 is 5.97 Å². The SMILES string of the molecule is C=C(C(=O)OCC)S(=O)(=O)N(C)c1ccccc1. The third-order valence-corrected chi connectivity index (χ3v) is 4.02. The predicted molar refractivity (Wildman–Crippen MR) is 69.5 cm³/mol. The van der Waals surface area contributed by atoms with E-state index in [0.29, 0.717) is 5.69 Å². The number of hydrogen-bond acceptors (Lipinski definition) is 4. The van der Waals surface area contributed by atoms with Gasteiger partial charge in [0.05, 0.1) is 12.3 Å². The standard InChI is InChI=1S/C12H15NO4S/c1-4-17-12(14)10(2)18(15,16)13(3)11-8-6-5-7-9-11/h5-9H,2,4H2,1,3H3. The molecule has 1 aromatic carbocycles. The van der Waals surface area contributed by atoms with Crippen LogP contribution in [0.15, 0.2) is 41.8 Å². The molecule has 98 valence electrons. The van der Waals surface area contributed by atoms with E-state index in [4.69, 9.17) is 0 Å². The molecule has 0 aliphatic heterocycles. The van der Waals surface area contributed by atoms with Gasteiger partial charge in [-0.2, -0.15) is 0 Å². The topological polar surface area (TPSA) is 63.7 Å². The van der Waals surface area contributed by atoms with Crippen molar-refractivity contribution in [3.05, 3.63) is 41.8 Å². The fourth-order valence-electron chi connectivity index (χ4n) is 1.26. The number of anilines is 1. The molecule has 0 fully saturated rings. The van der Waals surface area contributed by atoms with E-state index in [1.165, 1.54) is 7.05 Å². The van der Waals surface area contributed by atoms with E-state index < -0.39 is 20.9 Å². The largest absolute Gasteiger partial charge is 0.462 e. The summed E-state index contributed by atoms with van der Waals surface area (Å²) in [4.78, 5) is 10.8. The van der Waals surface area contributed by atoms with Gasteiger partial charge in [0.2, 0.25) is 0 Å². The maximum Gasteiger partial charge on any atom is 0.351 e. The van der Waals surface area contributed by atoms with Gasteiger partial charge in [-0.3, -0.25) is 4.31 Å². The molecule has 0 aliphatic rings. The monoisotopic (exact) mass is 269 g/mol. The highest BCUT2D eigenvalue weighted by molar-refractivity contribution is 7.97. The Labute approximate surface area is 107 Å². The maximum absolute atomic E-state index is 12.1. The minimum atomic E-state index is -3.95.